The minimum atomic E-state index is -0.739. The average Bonchev–Trinajstić information content (AvgIpc) is 2.25. The number of aliphatic hydroxyl groups is 1. The van der Waals surface area contributed by atoms with E-state index in [-0.39, 0.29) is 11.9 Å². The van der Waals surface area contributed by atoms with Crippen LogP contribution in [0.4, 0.5) is 4.39 Å². The molecule has 0 spiro atoms. The summed E-state index contributed by atoms with van der Waals surface area (Å²) in [5.41, 5.74) is 0.548. The maximum Gasteiger partial charge on any atom is 0.123 e. The third-order valence-corrected chi connectivity index (χ3v) is 2.10. The zero-order valence-electron chi connectivity index (χ0n) is 8.57. The van der Waals surface area contributed by atoms with Gasteiger partial charge in [-0.05, 0) is 24.6 Å². The Balaban J connectivity index is 2.54. The fraction of sp³-hybridized carbons (Fsp3) is 0.333. The summed E-state index contributed by atoms with van der Waals surface area (Å²) in [6, 6.07) is 5.79. The van der Waals surface area contributed by atoms with E-state index in [1.807, 2.05) is 6.92 Å². The molecule has 2 nitrogen and oxygen atoms in total. The molecule has 0 saturated carbocycles. The van der Waals surface area contributed by atoms with E-state index in [0.717, 1.165) is 0 Å². The molecule has 0 amide bonds. The van der Waals surface area contributed by atoms with Crippen molar-refractivity contribution in [1.82, 2.24) is 5.32 Å². The summed E-state index contributed by atoms with van der Waals surface area (Å²) in [5.74, 6) is 2.14. The normalized spacial score (nSPS) is 14.3. The zero-order valence-corrected chi connectivity index (χ0v) is 8.57. The predicted molar refractivity (Wildman–Crippen MR) is 57.7 cm³/mol. The molecule has 1 aromatic rings. The van der Waals surface area contributed by atoms with Crippen LogP contribution in [0.1, 0.15) is 18.6 Å². The molecule has 0 aromatic heterocycles. The average molecular weight is 207 g/mol. The predicted octanol–water partition coefficient (Wildman–Crippen LogP) is 1.47. The second-order valence-electron chi connectivity index (χ2n) is 3.37. The Hall–Kier alpha value is -1.37. The van der Waals surface area contributed by atoms with Crippen LogP contribution in [0.15, 0.2) is 24.3 Å². The first-order valence-electron chi connectivity index (χ1n) is 4.76. The van der Waals surface area contributed by atoms with Gasteiger partial charge in [0, 0.05) is 6.54 Å². The van der Waals surface area contributed by atoms with E-state index in [4.69, 9.17) is 6.42 Å². The molecule has 2 N–H and O–H groups in total. The molecular formula is C12H14FNO. The Morgan fingerprint density at radius 2 is 2.33 bits per heavy atom. The van der Waals surface area contributed by atoms with Crippen LogP contribution in [0.2, 0.25) is 0 Å². The van der Waals surface area contributed by atoms with Gasteiger partial charge in [-0.1, -0.05) is 18.1 Å². The highest BCUT2D eigenvalue weighted by Crippen LogP contribution is 2.12. The summed E-state index contributed by atoms with van der Waals surface area (Å²) in [5, 5.41) is 12.6. The molecule has 0 aliphatic rings. The SMILES string of the molecule is C#CC(C)NCC(O)c1cccc(F)c1. The molecule has 0 heterocycles. The third kappa shape index (κ3) is 3.70. The first kappa shape index (κ1) is 11.7. The Kier molecular flexibility index (Phi) is 4.29. The molecular weight excluding hydrogens is 193 g/mol. The van der Waals surface area contributed by atoms with Crippen molar-refractivity contribution in [1.29, 1.82) is 0 Å². The molecule has 0 saturated heterocycles. The number of benzene rings is 1. The number of halogens is 1. The quantitative estimate of drug-likeness (QED) is 0.733. The highest BCUT2D eigenvalue weighted by Gasteiger charge is 2.08. The van der Waals surface area contributed by atoms with Crippen LogP contribution < -0.4 is 5.32 Å². The molecule has 15 heavy (non-hydrogen) atoms. The van der Waals surface area contributed by atoms with Crippen LogP contribution in [0.5, 0.6) is 0 Å². The third-order valence-electron chi connectivity index (χ3n) is 2.10. The second-order valence-corrected chi connectivity index (χ2v) is 3.37. The standard InChI is InChI=1S/C12H14FNO/c1-3-9(2)14-8-12(15)10-5-4-6-11(13)7-10/h1,4-7,9,12,14-15H,8H2,2H3. The number of aliphatic hydroxyl groups excluding tert-OH is 1. The molecule has 80 valence electrons. The fourth-order valence-corrected chi connectivity index (χ4v) is 1.18. The van der Waals surface area contributed by atoms with E-state index in [2.05, 4.69) is 11.2 Å². The lowest BCUT2D eigenvalue weighted by Gasteiger charge is -2.13. The van der Waals surface area contributed by atoms with Crippen molar-refractivity contribution < 1.29 is 9.50 Å². The number of hydrogen-bond donors (Lipinski definition) is 2. The molecule has 1 aromatic carbocycles. The number of nitrogens with one attached hydrogen (secondary N) is 1. The molecule has 1 rings (SSSR count). The lowest BCUT2D eigenvalue weighted by Crippen LogP contribution is -2.29. The van der Waals surface area contributed by atoms with Crippen LogP contribution >= 0.6 is 0 Å². The maximum absolute atomic E-state index is 12.8. The first-order valence-corrected chi connectivity index (χ1v) is 4.76. The monoisotopic (exact) mass is 207 g/mol. The van der Waals surface area contributed by atoms with Gasteiger partial charge >= 0.3 is 0 Å². The van der Waals surface area contributed by atoms with Crippen molar-refractivity contribution in [2.75, 3.05) is 6.54 Å². The van der Waals surface area contributed by atoms with E-state index in [9.17, 15) is 9.50 Å². The van der Waals surface area contributed by atoms with Crippen LogP contribution in [-0.2, 0) is 0 Å². The number of rotatable bonds is 4. The lowest BCUT2D eigenvalue weighted by molar-refractivity contribution is 0.173. The summed E-state index contributed by atoms with van der Waals surface area (Å²) >= 11 is 0. The molecule has 0 bridgehead atoms. The highest BCUT2D eigenvalue weighted by molar-refractivity contribution is 5.19. The van der Waals surface area contributed by atoms with Crippen LogP contribution in [0, 0.1) is 18.2 Å². The van der Waals surface area contributed by atoms with Gasteiger partial charge in [-0.25, -0.2) is 4.39 Å². The number of terminal acetylenes is 1. The Morgan fingerprint density at radius 1 is 1.60 bits per heavy atom. The lowest BCUT2D eigenvalue weighted by atomic mass is 10.1. The number of hydrogen-bond acceptors (Lipinski definition) is 2. The van der Waals surface area contributed by atoms with Crippen molar-refractivity contribution in [3.8, 4) is 12.3 Å². The zero-order chi connectivity index (χ0) is 11.3. The Bertz CT molecular complexity index is 359. The molecule has 2 unspecified atom stereocenters. The van der Waals surface area contributed by atoms with Crippen molar-refractivity contribution >= 4 is 0 Å². The van der Waals surface area contributed by atoms with Gasteiger partial charge in [0.05, 0.1) is 12.1 Å². The van der Waals surface area contributed by atoms with Gasteiger partial charge < -0.3 is 10.4 Å². The Labute approximate surface area is 89.1 Å². The van der Waals surface area contributed by atoms with Gasteiger partial charge in [0.25, 0.3) is 0 Å². The van der Waals surface area contributed by atoms with Crippen molar-refractivity contribution in [2.45, 2.75) is 19.1 Å². The minimum absolute atomic E-state index is 0.104. The van der Waals surface area contributed by atoms with E-state index in [1.165, 1.54) is 12.1 Å². The molecule has 3 heteroatoms. The first-order chi connectivity index (χ1) is 7.13. The van der Waals surface area contributed by atoms with E-state index < -0.39 is 6.10 Å². The van der Waals surface area contributed by atoms with Gasteiger partial charge in [-0.2, -0.15) is 0 Å². The molecule has 0 radical (unpaired) electrons. The molecule has 0 aliphatic carbocycles. The minimum Gasteiger partial charge on any atom is -0.387 e. The van der Waals surface area contributed by atoms with Gasteiger partial charge in [0.15, 0.2) is 0 Å². The summed E-state index contributed by atoms with van der Waals surface area (Å²) in [7, 11) is 0. The van der Waals surface area contributed by atoms with Gasteiger partial charge in [0.1, 0.15) is 5.82 Å². The van der Waals surface area contributed by atoms with Gasteiger partial charge in [0.2, 0.25) is 0 Å². The summed E-state index contributed by atoms with van der Waals surface area (Å²) in [6.07, 6.45) is 4.43. The van der Waals surface area contributed by atoms with E-state index in [0.29, 0.717) is 12.1 Å². The van der Waals surface area contributed by atoms with Crippen molar-refractivity contribution in [2.24, 2.45) is 0 Å². The molecule has 0 fully saturated rings. The molecule has 2 atom stereocenters. The van der Waals surface area contributed by atoms with E-state index >= 15 is 0 Å². The largest absolute Gasteiger partial charge is 0.387 e. The molecule has 0 aliphatic heterocycles. The summed E-state index contributed by atoms with van der Waals surface area (Å²) in [6.45, 7) is 2.13. The summed E-state index contributed by atoms with van der Waals surface area (Å²) < 4.78 is 12.8. The van der Waals surface area contributed by atoms with Crippen LogP contribution in [0.25, 0.3) is 0 Å². The Morgan fingerprint density at radius 3 is 2.93 bits per heavy atom. The van der Waals surface area contributed by atoms with Crippen molar-refractivity contribution in [3.63, 3.8) is 0 Å². The summed E-state index contributed by atoms with van der Waals surface area (Å²) in [4.78, 5) is 0. The smallest absolute Gasteiger partial charge is 0.123 e. The second kappa shape index (κ2) is 5.50. The topological polar surface area (TPSA) is 32.3 Å². The van der Waals surface area contributed by atoms with Crippen LogP contribution in [0.3, 0.4) is 0 Å². The van der Waals surface area contributed by atoms with Gasteiger partial charge in [-0.3, -0.25) is 0 Å². The van der Waals surface area contributed by atoms with E-state index in [1.54, 1.807) is 12.1 Å². The highest BCUT2D eigenvalue weighted by atomic mass is 19.1. The van der Waals surface area contributed by atoms with Crippen molar-refractivity contribution in [3.05, 3.63) is 35.6 Å². The van der Waals surface area contributed by atoms with Crippen LogP contribution in [-0.4, -0.2) is 17.7 Å². The fourth-order valence-electron chi connectivity index (χ4n) is 1.18. The maximum atomic E-state index is 12.8. The van der Waals surface area contributed by atoms with Gasteiger partial charge in [-0.15, -0.1) is 6.42 Å².